The number of halogens is 2. The topological polar surface area (TPSA) is 32.3 Å². The molecule has 1 heterocycles. The van der Waals surface area contributed by atoms with Crippen LogP contribution in [-0.4, -0.2) is 36.5 Å². The van der Waals surface area contributed by atoms with Gasteiger partial charge in [-0.1, -0.05) is 20.8 Å². The highest BCUT2D eigenvalue weighted by atomic mass is 127. The van der Waals surface area contributed by atoms with E-state index in [1.165, 1.54) is 25.0 Å². The fourth-order valence-electron chi connectivity index (χ4n) is 3.11. The van der Waals surface area contributed by atoms with Gasteiger partial charge < -0.3 is 5.32 Å². The molecule has 0 saturated carbocycles. The number of hydrogen-bond donors (Lipinski definition) is 1. The summed E-state index contributed by atoms with van der Waals surface area (Å²) in [4.78, 5) is 14.9. The van der Waals surface area contributed by atoms with Crippen LogP contribution >= 0.6 is 22.6 Å². The second-order valence-electron chi connectivity index (χ2n) is 6.86. The van der Waals surface area contributed by atoms with Gasteiger partial charge in [0.25, 0.3) is 5.91 Å². The lowest BCUT2D eigenvalue weighted by Gasteiger charge is -2.38. The smallest absolute Gasteiger partial charge is 0.252 e. The summed E-state index contributed by atoms with van der Waals surface area (Å²) in [5.41, 5.74) is 0.417. The van der Waals surface area contributed by atoms with E-state index in [1.54, 1.807) is 6.07 Å². The molecule has 1 aromatic carbocycles. The molecule has 1 N–H and O–H groups in total. The third-order valence-electron chi connectivity index (χ3n) is 4.70. The fraction of sp³-hybridized carbons (Fsp3) is 0.611. The minimum Gasteiger partial charge on any atom is -0.350 e. The second-order valence-corrected chi connectivity index (χ2v) is 8.03. The van der Waals surface area contributed by atoms with Crippen molar-refractivity contribution in [2.24, 2.45) is 11.8 Å². The number of rotatable bonds is 5. The van der Waals surface area contributed by atoms with E-state index in [1.807, 2.05) is 0 Å². The number of carbonyl (C=O) groups excluding carboxylic acids is 1. The van der Waals surface area contributed by atoms with Gasteiger partial charge in [0.05, 0.1) is 5.56 Å². The number of nitrogens with zero attached hydrogens (tertiary/aromatic N) is 1. The summed E-state index contributed by atoms with van der Waals surface area (Å²) < 4.78 is 14.1. The van der Waals surface area contributed by atoms with Crippen molar-refractivity contribution in [2.45, 2.75) is 39.7 Å². The number of likely N-dealkylation sites (tertiary alicyclic amines) is 1. The molecule has 0 aromatic heterocycles. The Labute approximate surface area is 152 Å². The van der Waals surface area contributed by atoms with Gasteiger partial charge in [0.2, 0.25) is 0 Å². The predicted molar refractivity (Wildman–Crippen MR) is 100 cm³/mol. The lowest BCUT2D eigenvalue weighted by atomic mass is 9.94. The number of benzene rings is 1. The normalized spacial score (nSPS) is 18.2. The van der Waals surface area contributed by atoms with E-state index < -0.39 is 0 Å². The Bertz CT molecular complexity index is 542. The minimum absolute atomic E-state index is 0.190. The molecule has 1 saturated heterocycles. The molecule has 1 atom stereocenters. The number of amides is 1. The summed E-state index contributed by atoms with van der Waals surface area (Å²) >= 11 is 2.07. The summed E-state index contributed by atoms with van der Waals surface area (Å²) in [6.07, 6.45) is 2.44. The van der Waals surface area contributed by atoms with E-state index in [4.69, 9.17) is 0 Å². The molecule has 1 aliphatic rings. The van der Waals surface area contributed by atoms with E-state index in [-0.39, 0.29) is 11.7 Å². The van der Waals surface area contributed by atoms with E-state index >= 15 is 0 Å². The number of nitrogens with one attached hydrogen (secondary N) is 1. The lowest BCUT2D eigenvalue weighted by molar-refractivity contribution is 0.0862. The maximum absolute atomic E-state index is 13.4. The quantitative estimate of drug-likeness (QED) is 0.716. The first kappa shape index (κ1) is 18.6. The van der Waals surface area contributed by atoms with Crippen molar-refractivity contribution in [3.63, 3.8) is 0 Å². The molecular weight excluding hydrogens is 406 g/mol. The van der Waals surface area contributed by atoms with Gasteiger partial charge in [-0.25, -0.2) is 4.39 Å². The molecule has 1 aromatic rings. The van der Waals surface area contributed by atoms with E-state index in [9.17, 15) is 9.18 Å². The van der Waals surface area contributed by atoms with Gasteiger partial charge in [-0.15, -0.1) is 0 Å². The molecule has 3 nitrogen and oxygen atoms in total. The highest BCUT2D eigenvalue weighted by Gasteiger charge is 2.26. The first-order valence-electron chi connectivity index (χ1n) is 8.35. The van der Waals surface area contributed by atoms with Crippen LogP contribution in [0.4, 0.5) is 4.39 Å². The highest BCUT2D eigenvalue weighted by Crippen LogP contribution is 2.21. The van der Waals surface area contributed by atoms with Gasteiger partial charge in [-0.2, -0.15) is 0 Å². The maximum atomic E-state index is 13.4. The van der Waals surface area contributed by atoms with Crippen molar-refractivity contribution in [1.82, 2.24) is 10.2 Å². The molecule has 1 fully saturated rings. The molecule has 1 aliphatic heterocycles. The molecule has 1 amide bonds. The second kappa shape index (κ2) is 8.42. The zero-order valence-electron chi connectivity index (χ0n) is 14.1. The van der Waals surface area contributed by atoms with Crippen LogP contribution in [0.5, 0.6) is 0 Å². The third kappa shape index (κ3) is 5.14. The zero-order chi connectivity index (χ0) is 17.0. The zero-order valence-corrected chi connectivity index (χ0v) is 16.3. The maximum Gasteiger partial charge on any atom is 0.252 e. The minimum atomic E-state index is -0.374. The van der Waals surface area contributed by atoms with Crippen LogP contribution in [0.15, 0.2) is 18.2 Å². The summed E-state index contributed by atoms with van der Waals surface area (Å²) in [5, 5.41) is 3.00. The Balaban J connectivity index is 1.98. The number of hydrogen-bond acceptors (Lipinski definition) is 2. The summed E-state index contributed by atoms with van der Waals surface area (Å²) in [6.45, 7) is 9.49. The largest absolute Gasteiger partial charge is 0.350 e. The fourth-order valence-corrected chi connectivity index (χ4v) is 3.69. The Kier molecular flexibility index (Phi) is 6.83. The molecule has 0 radical (unpaired) electrons. The van der Waals surface area contributed by atoms with Crippen LogP contribution in [0, 0.1) is 21.2 Å². The average Bonchev–Trinajstić information content (AvgIpc) is 2.51. The molecule has 2 rings (SSSR count). The van der Waals surface area contributed by atoms with E-state index in [2.05, 4.69) is 53.6 Å². The van der Waals surface area contributed by atoms with Gasteiger partial charge in [0.1, 0.15) is 5.82 Å². The van der Waals surface area contributed by atoms with Gasteiger partial charge in [-0.3, -0.25) is 9.69 Å². The van der Waals surface area contributed by atoms with Crippen molar-refractivity contribution in [2.75, 3.05) is 19.6 Å². The molecule has 0 spiro atoms. The standard InChI is InChI=1S/C18H26FIN2O/c1-12(2)17(22-8-6-13(3)7-9-22)11-21-18(23)15-10-14(19)4-5-16(15)20/h4-5,10,12-13,17H,6-9,11H2,1-3H3,(H,21,23). The van der Waals surface area contributed by atoms with Gasteiger partial charge in [-0.05, 0) is 78.6 Å². The lowest BCUT2D eigenvalue weighted by Crippen LogP contribution is -2.49. The molecule has 0 bridgehead atoms. The van der Waals surface area contributed by atoms with Crippen molar-refractivity contribution in [3.05, 3.63) is 33.1 Å². The Morgan fingerprint density at radius 3 is 2.65 bits per heavy atom. The Morgan fingerprint density at radius 2 is 2.04 bits per heavy atom. The average molecular weight is 432 g/mol. The SMILES string of the molecule is CC1CCN(C(CNC(=O)c2cc(F)ccc2I)C(C)C)CC1. The van der Waals surface area contributed by atoms with Crippen LogP contribution in [0.3, 0.4) is 0 Å². The van der Waals surface area contributed by atoms with Crippen molar-refractivity contribution in [3.8, 4) is 0 Å². The molecule has 0 aliphatic carbocycles. The first-order chi connectivity index (χ1) is 10.9. The summed E-state index contributed by atoms with van der Waals surface area (Å²) in [6, 6.07) is 4.66. The van der Waals surface area contributed by atoms with E-state index in [0.29, 0.717) is 24.1 Å². The van der Waals surface area contributed by atoms with Crippen molar-refractivity contribution < 1.29 is 9.18 Å². The van der Waals surface area contributed by atoms with Gasteiger partial charge in [0, 0.05) is 16.2 Å². The monoisotopic (exact) mass is 432 g/mol. The van der Waals surface area contributed by atoms with Crippen molar-refractivity contribution >= 4 is 28.5 Å². The predicted octanol–water partition coefficient (Wildman–Crippen LogP) is 3.92. The number of carbonyl (C=O) groups is 1. The van der Waals surface area contributed by atoms with Crippen LogP contribution in [0.2, 0.25) is 0 Å². The molecule has 5 heteroatoms. The van der Waals surface area contributed by atoms with E-state index in [0.717, 1.165) is 22.6 Å². The third-order valence-corrected chi connectivity index (χ3v) is 5.64. The first-order valence-corrected chi connectivity index (χ1v) is 9.43. The summed E-state index contributed by atoms with van der Waals surface area (Å²) in [5.74, 6) is 0.698. The molecule has 128 valence electrons. The summed E-state index contributed by atoms with van der Waals surface area (Å²) in [7, 11) is 0. The molecule has 23 heavy (non-hydrogen) atoms. The van der Waals surface area contributed by atoms with Gasteiger partial charge >= 0.3 is 0 Å². The highest BCUT2D eigenvalue weighted by molar-refractivity contribution is 14.1. The number of piperidine rings is 1. The van der Waals surface area contributed by atoms with Crippen LogP contribution < -0.4 is 5.32 Å². The Hall–Kier alpha value is -0.690. The van der Waals surface area contributed by atoms with Crippen molar-refractivity contribution in [1.29, 1.82) is 0 Å². The Morgan fingerprint density at radius 1 is 1.39 bits per heavy atom. The molecule has 1 unspecified atom stereocenters. The molecular formula is C18H26FIN2O. The van der Waals surface area contributed by atoms with Crippen LogP contribution in [0.25, 0.3) is 0 Å². The van der Waals surface area contributed by atoms with Crippen LogP contribution in [-0.2, 0) is 0 Å². The van der Waals surface area contributed by atoms with Crippen LogP contribution in [0.1, 0.15) is 44.0 Å². The van der Waals surface area contributed by atoms with Gasteiger partial charge in [0.15, 0.2) is 0 Å².